The third-order valence-electron chi connectivity index (χ3n) is 1.54. The largest absolute Gasteiger partial charge is 0.491 e. The molecule has 0 unspecified atom stereocenters. The number of carbonyl (C=O) groups excluding carboxylic acids is 2. The normalized spacial score (nSPS) is 17.3. The first-order valence-corrected chi connectivity index (χ1v) is 3.33. The first-order valence-electron chi connectivity index (χ1n) is 3.33. The summed E-state index contributed by atoms with van der Waals surface area (Å²) in [6.07, 6.45) is 0.515. The first-order chi connectivity index (χ1) is 5.20. The Labute approximate surface area is 64.2 Å². The van der Waals surface area contributed by atoms with Crippen LogP contribution in [0.25, 0.3) is 0 Å². The minimum Gasteiger partial charge on any atom is -0.491 e. The maximum Gasteiger partial charge on any atom is 0.293 e. The van der Waals surface area contributed by atoms with Crippen LogP contribution in [0.5, 0.6) is 0 Å². The van der Waals surface area contributed by atoms with E-state index in [-0.39, 0.29) is 11.7 Å². The number of hydrogen-bond donors (Lipinski definition) is 1. The second kappa shape index (κ2) is 2.74. The quantitative estimate of drug-likeness (QED) is 0.569. The lowest BCUT2D eigenvalue weighted by Crippen LogP contribution is -2.23. The van der Waals surface area contributed by atoms with Gasteiger partial charge < -0.3 is 4.74 Å². The van der Waals surface area contributed by atoms with Crippen LogP contribution in [0.15, 0.2) is 11.3 Å². The molecule has 0 aromatic rings. The van der Waals surface area contributed by atoms with Gasteiger partial charge in [-0.05, 0) is 6.42 Å². The molecule has 0 bridgehead atoms. The number of imide groups is 1. The van der Waals surface area contributed by atoms with E-state index in [2.05, 4.69) is 5.32 Å². The monoisotopic (exact) mass is 155 g/mol. The van der Waals surface area contributed by atoms with E-state index in [1.54, 1.807) is 6.92 Å². The fraction of sp³-hybridized carbons (Fsp3) is 0.429. The van der Waals surface area contributed by atoms with Gasteiger partial charge in [-0.15, -0.1) is 0 Å². The van der Waals surface area contributed by atoms with Gasteiger partial charge in [0.05, 0.1) is 12.7 Å². The summed E-state index contributed by atoms with van der Waals surface area (Å²) in [6.45, 7) is 1.80. The third kappa shape index (κ3) is 1.11. The van der Waals surface area contributed by atoms with Crippen LogP contribution < -0.4 is 5.32 Å². The van der Waals surface area contributed by atoms with Crippen molar-refractivity contribution in [2.24, 2.45) is 0 Å². The number of methoxy groups -OCH3 is 1. The van der Waals surface area contributed by atoms with E-state index in [1.807, 2.05) is 0 Å². The Morgan fingerprint density at radius 3 is 2.36 bits per heavy atom. The van der Waals surface area contributed by atoms with Gasteiger partial charge in [0.2, 0.25) is 0 Å². The van der Waals surface area contributed by atoms with Gasteiger partial charge in [-0.1, -0.05) is 6.92 Å². The fourth-order valence-electron chi connectivity index (χ4n) is 1.01. The number of hydrogen-bond acceptors (Lipinski definition) is 3. The highest BCUT2D eigenvalue weighted by atomic mass is 16.5. The van der Waals surface area contributed by atoms with E-state index < -0.39 is 5.91 Å². The maximum absolute atomic E-state index is 10.9. The Balaban J connectivity index is 3.02. The molecule has 0 aromatic carbocycles. The molecule has 1 rings (SSSR count). The Bertz CT molecular complexity index is 218. The maximum atomic E-state index is 10.9. The average Bonchev–Trinajstić information content (AvgIpc) is 2.24. The molecule has 1 heterocycles. The van der Waals surface area contributed by atoms with Crippen LogP contribution >= 0.6 is 0 Å². The zero-order valence-corrected chi connectivity index (χ0v) is 6.43. The zero-order valence-electron chi connectivity index (χ0n) is 6.43. The number of amides is 2. The molecule has 1 aliphatic heterocycles. The standard InChI is InChI=1S/C7H9NO3/c1-3-4-5(11-2)7(10)8-6(4)9/h3H2,1-2H3,(H,8,9,10). The van der Waals surface area contributed by atoms with Crippen LogP contribution in [0.4, 0.5) is 0 Å². The van der Waals surface area contributed by atoms with Crippen molar-refractivity contribution < 1.29 is 14.3 Å². The van der Waals surface area contributed by atoms with Gasteiger partial charge in [-0.3, -0.25) is 14.9 Å². The van der Waals surface area contributed by atoms with Crippen molar-refractivity contribution >= 4 is 11.8 Å². The van der Waals surface area contributed by atoms with Gasteiger partial charge in [0, 0.05) is 0 Å². The Kier molecular flexibility index (Phi) is 1.94. The van der Waals surface area contributed by atoms with Gasteiger partial charge in [-0.2, -0.15) is 0 Å². The molecule has 2 amide bonds. The van der Waals surface area contributed by atoms with Crippen molar-refractivity contribution in [1.82, 2.24) is 5.32 Å². The van der Waals surface area contributed by atoms with Gasteiger partial charge in [0.25, 0.3) is 11.8 Å². The molecule has 0 fully saturated rings. The smallest absolute Gasteiger partial charge is 0.293 e. The summed E-state index contributed by atoms with van der Waals surface area (Å²) in [4.78, 5) is 21.8. The van der Waals surface area contributed by atoms with E-state index in [4.69, 9.17) is 4.74 Å². The van der Waals surface area contributed by atoms with Crippen LogP contribution in [-0.2, 0) is 14.3 Å². The number of carbonyl (C=O) groups is 2. The molecule has 0 saturated heterocycles. The van der Waals surface area contributed by atoms with Crippen molar-refractivity contribution in [2.45, 2.75) is 13.3 Å². The molecule has 0 radical (unpaired) electrons. The van der Waals surface area contributed by atoms with Crippen molar-refractivity contribution in [3.8, 4) is 0 Å². The van der Waals surface area contributed by atoms with E-state index >= 15 is 0 Å². The van der Waals surface area contributed by atoms with E-state index in [9.17, 15) is 9.59 Å². The summed E-state index contributed by atoms with van der Waals surface area (Å²) < 4.78 is 4.74. The molecule has 0 aromatic heterocycles. The summed E-state index contributed by atoms with van der Waals surface area (Å²) in [5.74, 6) is -0.624. The zero-order chi connectivity index (χ0) is 8.43. The lowest BCUT2D eigenvalue weighted by molar-refractivity contribution is -0.125. The summed E-state index contributed by atoms with van der Waals surface area (Å²) in [5, 5.41) is 2.14. The molecule has 0 aliphatic carbocycles. The summed E-state index contributed by atoms with van der Waals surface area (Å²) >= 11 is 0. The van der Waals surface area contributed by atoms with E-state index in [0.717, 1.165) is 0 Å². The molecule has 60 valence electrons. The van der Waals surface area contributed by atoms with Gasteiger partial charge in [-0.25, -0.2) is 0 Å². The van der Waals surface area contributed by atoms with Crippen molar-refractivity contribution in [3.05, 3.63) is 11.3 Å². The molecule has 4 heteroatoms. The van der Waals surface area contributed by atoms with Gasteiger partial charge >= 0.3 is 0 Å². The highest BCUT2D eigenvalue weighted by Gasteiger charge is 2.29. The lowest BCUT2D eigenvalue weighted by atomic mass is 10.2. The average molecular weight is 155 g/mol. The molecule has 1 aliphatic rings. The van der Waals surface area contributed by atoms with Crippen LogP contribution in [-0.4, -0.2) is 18.9 Å². The van der Waals surface area contributed by atoms with E-state index in [1.165, 1.54) is 7.11 Å². The topological polar surface area (TPSA) is 55.4 Å². The van der Waals surface area contributed by atoms with Gasteiger partial charge in [0.15, 0.2) is 5.76 Å². The highest BCUT2D eigenvalue weighted by molar-refractivity contribution is 6.18. The Hall–Kier alpha value is -1.32. The molecular weight excluding hydrogens is 146 g/mol. The minimum atomic E-state index is -0.436. The molecule has 0 atom stereocenters. The number of rotatable bonds is 2. The summed E-state index contributed by atoms with van der Waals surface area (Å²) in [5.41, 5.74) is 0.428. The summed E-state index contributed by atoms with van der Waals surface area (Å²) in [7, 11) is 1.38. The predicted octanol–water partition coefficient (Wildman–Crippen LogP) is -0.0467. The van der Waals surface area contributed by atoms with Crippen molar-refractivity contribution in [3.63, 3.8) is 0 Å². The predicted molar refractivity (Wildman–Crippen MR) is 37.5 cm³/mol. The Morgan fingerprint density at radius 1 is 1.36 bits per heavy atom. The van der Waals surface area contributed by atoms with Crippen LogP contribution in [0.3, 0.4) is 0 Å². The van der Waals surface area contributed by atoms with Crippen LogP contribution in [0.1, 0.15) is 13.3 Å². The van der Waals surface area contributed by atoms with Crippen LogP contribution in [0, 0.1) is 0 Å². The third-order valence-corrected chi connectivity index (χ3v) is 1.54. The number of nitrogens with one attached hydrogen (secondary N) is 1. The van der Waals surface area contributed by atoms with Gasteiger partial charge in [0.1, 0.15) is 0 Å². The molecule has 4 nitrogen and oxygen atoms in total. The lowest BCUT2D eigenvalue weighted by Gasteiger charge is -1.96. The highest BCUT2D eigenvalue weighted by Crippen LogP contribution is 2.15. The molecule has 11 heavy (non-hydrogen) atoms. The second-order valence-corrected chi connectivity index (χ2v) is 2.15. The van der Waals surface area contributed by atoms with Crippen molar-refractivity contribution in [2.75, 3.05) is 7.11 Å². The van der Waals surface area contributed by atoms with E-state index in [0.29, 0.717) is 12.0 Å². The van der Waals surface area contributed by atoms with Crippen LogP contribution in [0.2, 0.25) is 0 Å². The molecule has 0 spiro atoms. The summed E-state index contributed by atoms with van der Waals surface area (Å²) in [6, 6.07) is 0. The number of ether oxygens (including phenoxy) is 1. The Morgan fingerprint density at radius 2 is 2.00 bits per heavy atom. The SMILES string of the molecule is CCC1=C(OC)C(=O)NC1=O. The minimum absolute atomic E-state index is 0.150. The second-order valence-electron chi connectivity index (χ2n) is 2.15. The molecular formula is C7H9NO3. The van der Waals surface area contributed by atoms with Crippen molar-refractivity contribution in [1.29, 1.82) is 0 Å². The first kappa shape index (κ1) is 7.78. The molecule has 1 N–H and O–H groups in total. The molecule has 0 saturated carbocycles. The fourth-order valence-corrected chi connectivity index (χ4v) is 1.01.